The average Bonchev–Trinajstić information content (AvgIpc) is 3.85. The topological polar surface area (TPSA) is 6.48 Å². The second kappa shape index (κ2) is 12.7. The van der Waals surface area contributed by atoms with Crippen molar-refractivity contribution in [3.8, 4) is 33.4 Å². The summed E-state index contributed by atoms with van der Waals surface area (Å²) in [6.07, 6.45) is 0. The third kappa shape index (κ3) is 4.56. The van der Waals surface area contributed by atoms with Crippen LogP contribution >= 0.6 is 11.3 Å². The van der Waals surface area contributed by atoms with Crippen LogP contribution in [-0.4, -0.2) is 6.85 Å². The molecular weight excluding hydrogens is 792 g/mol. The molecule has 1 aromatic heterocycles. The molecule has 2 nitrogen and oxygen atoms in total. The van der Waals surface area contributed by atoms with E-state index in [-0.39, 0.29) is 12.3 Å². The van der Waals surface area contributed by atoms with E-state index in [0.717, 1.165) is 0 Å². The highest BCUT2D eigenvalue weighted by Gasteiger charge is 2.56. The van der Waals surface area contributed by atoms with Crippen LogP contribution in [0.3, 0.4) is 0 Å². The molecule has 3 aliphatic heterocycles. The Bertz CT molecular complexity index is 3600. The molecule has 0 atom stereocenters. The molecule has 0 N–H and O–H groups in total. The Morgan fingerprint density at radius 2 is 1.12 bits per heavy atom. The smallest absolute Gasteiger partial charge is 0.334 e. The Morgan fingerprint density at radius 3 is 1.91 bits per heavy atom. The summed E-state index contributed by atoms with van der Waals surface area (Å²) in [7, 11) is 0. The number of fused-ring (bicyclic) bond motifs is 17. The molecule has 1 aliphatic carbocycles. The van der Waals surface area contributed by atoms with Gasteiger partial charge >= 0.3 is 6.85 Å². The minimum Gasteiger partial charge on any atom is -0.376 e. The first-order valence-corrected chi connectivity index (χ1v) is 23.4. The van der Waals surface area contributed by atoms with Crippen LogP contribution in [0.4, 0.5) is 28.4 Å². The second-order valence-corrected chi connectivity index (χ2v) is 20.3. The van der Waals surface area contributed by atoms with Crippen molar-refractivity contribution in [2.75, 3.05) is 9.71 Å². The molecule has 0 radical (unpaired) electrons. The third-order valence-electron chi connectivity index (χ3n) is 14.8. The van der Waals surface area contributed by atoms with Gasteiger partial charge in [0.1, 0.15) is 0 Å². The number of thiophene rings is 1. The Balaban J connectivity index is 1.15. The van der Waals surface area contributed by atoms with Crippen LogP contribution in [0.5, 0.6) is 0 Å². The molecule has 4 aliphatic rings. The van der Waals surface area contributed by atoms with Gasteiger partial charge in [0.25, 0.3) is 0 Å². The van der Waals surface area contributed by atoms with Gasteiger partial charge in [-0.25, -0.2) is 0 Å². The number of rotatable bonds is 2. The number of benzene rings is 9. The molecule has 0 fully saturated rings. The first-order valence-electron chi connectivity index (χ1n) is 22.6. The molecule has 14 rings (SSSR count). The Kier molecular flexibility index (Phi) is 7.24. The van der Waals surface area contributed by atoms with Gasteiger partial charge in [-0.1, -0.05) is 172 Å². The van der Waals surface area contributed by atoms with E-state index in [0.29, 0.717) is 0 Å². The molecule has 9 aromatic carbocycles. The Hall–Kier alpha value is -7.14. The number of hydrogen-bond donors (Lipinski definition) is 0. The lowest BCUT2D eigenvalue weighted by atomic mass is 9.42. The number of para-hydroxylation sites is 2. The minimum atomic E-state index is -0.484. The molecule has 4 heteroatoms. The van der Waals surface area contributed by atoms with Gasteiger partial charge in [-0.15, -0.1) is 11.3 Å². The number of nitrogens with zero attached hydrogens (tertiary/aromatic N) is 2. The van der Waals surface area contributed by atoms with Gasteiger partial charge in [0.15, 0.2) is 0 Å². The fourth-order valence-corrected chi connectivity index (χ4v) is 13.5. The van der Waals surface area contributed by atoms with Crippen molar-refractivity contribution in [1.29, 1.82) is 0 Å². The average molecular weight is 835 g/mol. The van der Waals surface area contributed by atoms with Crippen molar-refractivity contribution in [3.05, 3.63) is 221 Å². The lowest BCUT2D eigenvalue weighted by Gasteiger charge is -2.52. The van der Waals surface area contributed by atoms with E-state index < -0.39 is 5.41 Å². The Labute approximate surface area is 378 Å². The summed E-state index contributed by atoms with van der Waals surface area (Å²) < 4.78 is 2.68. The lowest BCUT2D eigenvalue weighted by Crippen LogP contribution is -2.63. The maximum atomic E-state index is 2.77. The third-order valence-corrected chi connectivity index (χ3v) is 16.1. The van der Waals surface area contributed by atoms with Crippen LogP contribution in [0.25, 0.3) is 53.6 Å². The van der Waals surface area contributed by atoms with Gasteiger partial charge in [-0.05, 0) is 115 Å². The van der Waals surface area contributed by atoms with E-state index in [1.807, 2.05) is 11.3 Å². The summed E-state index contributed by atoms with van der Waals surface area (Å²) in [5, 5.41) is 2.64. The maximum Gasteiger partial charge on any atom is 0.334 e. The van der Waals surface area contributed by atoms with E-state index in [9.17, 15) is 0 Å². The van der Waals surface area contributed by atoms with Gasteiger partial charge in [0.05, 0.1) is 11.1 Å². The quantitative estimate of drug-likeness (QED) is 0.160. The molecule has 302 valence electrons. The zero-order chi connectivity index (χ0) is 42.6. The summed E-state index contributed by atoms with van der Waals surface area (Å²) in [4.78, 5) is 5.41. The molecule has 0 unspecified atom stereocenters. The van der Waals surface area contributed by atoms with Gasteiger partial charge < -0.3 is 9.71 Å². The predicted molar refractivity (Wildman–Crippen MR) is 273 cm³/mol. The highest BCUT2D eigenvalue weighted by Crippen LogP contribution is 2.65. The molecule has 1 spiro atoms. The molecule has 10 aromatic rings. The molecule has 0 bridgehead atoms. The van der Waals surface area contributed by atoms with E-state index >= 15 is 0 Å². The van der Waals surface area contributed by atoms with Crippen LogP contribution in [0.2, 0.25) is 0 Å². The van der Waals surface area contributed by atoms with Crippen LogP contribution in [0.1, 0.15) is 54.2 Å². The normalized spacial score (nSPS) is 14.6. The van der Waals surface area contributed by atoms with Crippen LogP contribution in [-0.2, 0) is 10.8 Å². The number of anilines is 5. The fourth-order valence-electron chi connectivity index (χ4n) is 12.2. The maximum absolute atomic E-state index is 2.77. The molecule has 4 heterocycles. The van der Waals surface area contributed by atoms with Crippen LogP contribution in [0, 0.1) is 6.92 Å². The van der Waals surface area contributed by atoms with Crippen molar-refractivity contribution in [1.82, 2.24) is 0 Å². The summed E-state index contributed by atoms with van der Waals surface area (Å²) in [5.41, 5.74) is 24.2. The molecular formula is C60H43BN2S. The van der Waals surface area contributed by atoms with Crippen molar-refractivity contribution in [2.45, 2.75) is 38.5 Å². The van der Waals surface area contributed by atoms with E-state index in [1.54, 1.807) is 0 Å². The van der Waals surface area contributed by atoms with Crippen LogP contribution < -0.4 is 20.6 Å². The summed E-state index contributed by atoms with van der Waals surface area (Å²) in [6, 6.07) is 71.9. The zero-order valence-electron chi connectivity index (χ0n) is 36.3. The summed E-state index contributed by atoms with van der Waals surface area (Å²) >= 11 is 1.95. The molecule has 64 heavy (non-hydrogen) atoms. The fraction of sp³-hybridized carbons (Fsp3) is 0.100. The van der Waals surface area contributed by atoms with E-state index in [2.05, 4.69) is 225 Å². The van der Waals surface area contributed by atoms with Gasteiger partial charge in [0, 0.05) is 54.0 Å². The SMILES string of the molecule is Cc1cc2c3c(c1)N(c1ccc(C(C)(C)C)cc1-c1ccccc1)c1ccc4c(sc5ccccc54)c1B3N1c3ccccc3C3(c4ccccc4-c4ccccc43)c3cccc-2c31. The first-order chi connectivity index (χ1) is 31.3. The van der Waals surface area contributed by atoms with Gasteiger partial charge in [-0.3, -0.25) is 0 Å². The van der Waals surface area contributed by atoms with Crippen LogP contribution in [0.15, 0.2) is 188 Å². The Morgan fingerprint density at radius 1 is 0.469 bits per heavy atom. The number of hydrogen-bond acceptors (Lipinski definition) is 3. The summed E-state index contributed by atoms with van der Waals surface area (Å²) in [6.45, 7) is 9.16. The number of aryl methyl sites for hydroxylation is 1. The van der Waals surface area contributed by atoms with Gasteiger partial charge in [-0.2, -0.15) is 0 Å². The monoisotopic (exact) mass is 834 g/mol. The van der Waals surface area contributed by atoms with Crippen molar-refractivity contribution >= 4 is 77.7 Å². The minimum absolute atomic E-state index is 0.0144. The zero-order valence-corrected chi connectivity index (χ0v) is 37.1. The molecule has 0 saturated heterocycles. The van der Waals surface area contributed by atoms with E-state index in [4.69, 9.17) is 0 Å². The van der Waals surface area contributed by atoms with Crippen molar-refractivity contribution in [3.63, 3.8) is 0 Å². The molecule has 0 saturated carbocycles. The standard InChI is InChI=1S/C60H43BN2S/c1-36-33-45-42-22-16-26-49-57(42)63(51-27-14-13-25-48(51)60(49)46-23-11-8-19-39(46)40-20-9-12-24-47(40)60)61-55(45)53(34-36)62(52-32-30-43-41-21-10-15-28-54(41)64-58(43)56(52)61)50-31-29-38(59(2,3)4)35-44(50)37-17-6-5-7-18-37/h5-35H,1-4H3. The molecule has 0 amide bonds. The highest BCUT2D eigenvalue weighted by molar-refractivity contribution is 7.27. The van der Waals surface area contributed by atoms with E-state index in [1.165, 1.54) is 126 Å². The second-order valence-electron chi connectivity index (χ2n) is 19.2. The van der Waals surface area contributed by atoms with Crippen molar-refractivity contribution < 1.29 is 0 Å². The summed E-state index contributed by atoms with van der Waals surface area (Å²) in [5.74, 6) is 0. The highest BCUT2D eigenvalue weighted by atomic mass is 32.1. The van der Waals surface area contributed by atoms with Crippen molar-refractivity contribution in [2.24, 2.45) is 0 Å². The lowest BCUT2D eigenvalue weighted by molar-refractivity contribution is 0.590. The first kappa shape index (κ1) is 36.4. The largest absolute Gasteiger partial charge is 0.376 e. The van der Waals surface area contributed by atoms with Gasteiger partial charge in [0.2, 0.25) is 0 Å². The predicted octanol–water partition coefficient (Wildman–Crippen LogP) is 14.7.